The first kappa shape index (κ1) is 19.2. The summed E-state index contributed by atoms with van der Waals surface area (Å²) in [6, 6.07) is 0. The molecular weight excluding hydrogens is 300 g/mol. The van der Waals surface area contributed by atoms with E-state index in [1.807, 2.05) is 14.2 Å². The SMILES string of the molecule is CCCCC(=C(C1CCCCC1)[SiH](OC)OC)C1CCCCC1. The van der Waals surface area contributed by atoms with E-state index in [4.69, 9.17) is 8.85 Å². The molecule has 2 fully saturated rings. The van der Waals surface area contributed by atoms with Gasteiger partial charge in [-0.15, -0.1) is 0 Å². The van der Waals surface area contributed by atoms with Crippen LogP contribution in [0.1, 0.15) is 90.4 Å². The van der Waals surface area contributed by atoms with Gasteiger partial charge in [-0.25, -0.2) is 0 Å². The molecular formula is C20H38O2Si. The first-order chi connectivity index (χ1) is 11.3. The van der Waals surface area contributed by atoms with Gasteiger partial charge < -0.3 is 8.85 Å². The number of hydrogen-bond donors (Lipinski definition) is 0. The Balaban J connectivity index is 2.33. The van der Waals surface area contributed by atoms with Gasteiger partial charge >= 0.3 is 9.28 Å². The average Bonchev–Trinajstić information content (AvgIpc) is 2.63. The van der Waals surface area contributed by atoms with Crippen molar-refractivity contribution >= 4 is 9.28 Å². The van der Waals surface area contributed by atoms with Gasteiger partial charge in [0, 0.05) is 14.2 Å². The zero-order valence-electron chi connectivity index (χ0n) is 15.7. The highest BCUT2D eigenvalue weighted by Gasteiger charge is 2.32. The number of hydrogen-bond acceptors (Lipinski definition) is 2. The zero-order chi connectivity index (χ0) is 16.5. The fourth-order valence-corrected chi connectivity index (χ4v) is 6.87. The first-order valence-corrected chi connectivity index (χ1v) is 11.6. The minimum absolute atomic E-state index is 0.758. The van der Waals surface area contributed by atoms with Gasteiger partial charge in [-0.05, 0) is 55.6 Å². The van der Waals surface area contributed by atoms with Crippen molar-refractivity contribution in [2.24, 2.45) is 11.8 Å². The Morgan fingerprint density at radius 1 is 0.826 bits per heavy atom. The molecule has 2 nitrogen and oxygen atoms in total. The minimum Gasteiger partial charge on any atom is -0.397 e. The lowest BCUT2D eigenvalue weighted by Gasteiger charge is -2.34. The smallest absolute Gasteiger partial charge is 0.351 e. The van der Waals surface area contributed by atoms with Crippen LogP contribution in [-0.4, -0.2) is 23.5 Å². The van der Waals surface area contributed by atoms with E-state index in [0.717, 1.165) is 11.8 Å². The van der Waals surface area contributed by atoms with Gasteiger partial charge in [0.05, 0.1) is 0 Å². The molecule has 2 aliphatic rings. The molecule has 0 aromatic carbocycles. The standard InChI is InChI=1S/C20H38O2Si/c1-4-5-16-19(17-12-8-6-9-13-17)20(23(21-2)22-3)18-14-10-7-11-15-18/h17-18,23H,4-16H2,1-3H3. The molecule has 0 heterocycles. The maximum absolute atomic E-state index is 5.93. The summed E-state index contributed by atoms with van der Waals surface area (Å²) in [4.78, 5) is 0. The Morgan fingerprint density at radius 3 is 1.83 bits per heavy atom. The lowest BCUT2D eigenvalue weighted by atomic mass is 9.78. The third-order valence-electron chi connectivity index (χ3n) is 6.00. The molecule has 134 valence electrons. The van der Waals surface area contributed by atoms with Crippen LogP contribution in [0.4, 0.5) is 0 Å². The van der Waals surface area contributed by atoms with Crippen LogP contribution >= 0.6 is 0 Å². The van der Waals surface area contributed by atoms with E-state index in [2.05, 4.69) is 6.92 Å². The lowest BCUT2D eigenvalue weighted by Crippen LogP contribution is -2.32. The number of unbranched alkanes of at least 4 members (excludes halogenated alkanes) is 1. The van der Waals surface area contributed by atoms with E-state index in [1.165, 1.54) is 83.5 Å². The minimum atomic E-state index is -1.67. The third kappa shape index (κ3) is 5.44. The van der Waals surface area contributed by atoms with E-state index in [0.29, 0.717) is 0 Å². The second-order valence-corrected chi connectivity index (χ2v) is 9.79. The van der Waals surface area contributed by atoms with Crippen molar-refractivity contribution < 1.29 is 8.85 Å². The van der Waals surface area contributed by atoms with E-state index >= 15 is 0 Å². The summed E-state index contributed by atoms with van der Waals surface area (Å²) in [5, 5.41) is 1.69. The van der Waals surface area contributed by atoms with Gasteiger partial charge in [0.2, 0.25) is 0 Å². The first-order valence-electron chi connectivity index (χ1n) is 10.1. The summed E-state index contributed by atoms with van der Waals surface area (Å²) in [5.74, 6) is 1.58. The van der Waals surface area contributed by atoms with E-state index in [1.54, 1.807) is 10.8 Å². The van der Waals surface area contributed by atoms with Crippen LogP contribution in [0.5, 0.6) is 0 Å². The maximum atomic E-state index is 5.93. The molecule has 23 heavy (non-hydrogen) atoms. The van der Waals surface area contributed by atoms with Crippen LogP contribution in [0, 0.1) is 11.8 Å². The van der Waals surface area contributed by atoms with Crippen LogP contribution < -0.4 is 0 Å². The van der Waals surface area contributed by atoms with Gasteiger partial charge in [0.25, 0.3) is 0 Å². The van der Waals surface area contributed by atoms with Crippen LogP contribution in [0.15, 0.2) is 10.8 Å². The molecule has 2 aliphatic carbocycles. The van der Waals surface area contributed by atoms with Crippen LogP contribution in [0.25, 0.3) is 0 Å². The molecule has 2 saturated carbocycles. The molecule has 0 atom stereocenters. The van der Waals surface area contributed by atoms with Crippen LogP contribution in [-0.2, 0) is 8.85 Å². The van der Waals surface area contributed by atoms with Crippen molar-refractivity contribution in [2.75, 3.05) is 14.2 Å². The highest BCUT2D eigenvalue weighted by atomic mass is 28.3. The molecule has 0 aromatic rings. The van der Waals surface area contributed by atoms with Crippen LogP contribution in [0.3, 0.4) is 0 Å². The van der Waals surface area contributed by atoms with Crippen molar-refractivity contribution in [3.8, 4) is 0 Å². The van der Waals surface area contributed by atoms with Crippen LogP contribution in [0.2, 0.25) is 0 Å². The maximum Gasteiger partial charge on any atom is 0.351 e. The molecule has 3 heteroatoms. The predicted octanol–water partition coefficient (Wildman–Crippen LogP) is 5.69. The summed E-state index contributed by atoms with van der Waals surface area (Å²) in [6.45, 7) is 2.32. The Morgan fingerprint density at radius 2 is 1.35 bits per heavy atom. The van der Waals surface area contributed by atoms with E-state index in [-0.39, 0.29) is 0 Å². The molecule has 2 rings (SSSR count). The highest BCUT2D eigenvalue weighted by molar-refractivity contribution is 6.54. The zero-order valence-corrected chi connectivity index (χ0v) is 16.9. The monoisotopic (exact) mass is 338 g/mol. The van der Waals surface area contributed by atoms with Gasteiger partial charge in [0.1, 0.15) is 0 Å². The van der Waals surface area contributed by atoms with Gasteiger partial charge in [-0.1, -0.05) is 57.4 Å². The van der Waals surface area contributed by atoms with Crippen molar-refractivity contribution in [1.82, 2.24) is 0 Å². The summed E-state index contributed by atoms with van der Waals surface area (Å²) in [5.41, 5.74) is 1.79. The fraction of sp³-hybridized carbons (Fsp3) is 0.900. The quantitative estimate of drug-likeness (QED) is 0.530. The topological polar surface area (TPSA) is 18.5 Å². The summed E-state index contributed by atoms with van der Waals surface area (Å²) in [6.07, 6.45) is 18.0. The molecule has 0 amide bonds. The third-order valence-corrected chi connectivity index (χ3v) is 8.20. The number of rotatable bonds is 8. The molecule has 0 spiro atoms. The second-order valence-electron chi connectivity index (χ2n) is 7.56. The Bertz CT molecular complexity index is 351. The van der Waals surface area contributed by atoms with Gasteiger partial charge in [-0.3, -0.25) is 0 Å². The van der Waals surface area contributed by atoms with E-state index < -0.39 is 9.28 Å². The van der Waals surface area contributed by atoms with Crippen molar-refractivity contribution in [3.05, 3.63) is 10.8 Å². The largest absolute Gasteiger partial charge is 0.397 e. The number of allylic oxidation sites excluding steroid dienone is 2. The Hall–Kier alpha value is -0.123. The Labute approximate surface area is 145 Å². The molecule has 0 saturated heterocycles. The molecule has 0 aromatic heterocycles. The van der Waals surface area contributed by atoms with Gasteiger partial charge in [0.15, 0.2) is 0 Å². The van der Waals surface area contributed by atoms with Crippen molar-refractivity contribution in [3.63, 3.8) is 0 Å². The molecule has 0 unspecified atom stereocenters. The molecule has 0 bridgehead atoms. The highest BCUT2D eigenvalue weighted by Crippen LogP contribution is 2.40. The normalized spacial score (nSPS) is 22.4. The average molecular weight is 339 g/mol. The Kier molecular flexibility index (Phi) is 8.92. The van der Waals surface area contributed by atoms with Gasteiger partial charge in [-0.2, -0.15) is 0 Å². The van der Waals surface area contributed by atoms with Crippen molar-refractivity contribution in [2.45, 2.75) is 90.4 Å². The predicted molar refractivity (Wildman–Crippen MR) is 101 cm³/mol. The summed E-state index contributed by atoms with van der Waals surface area (Å²) >= 11 is 0. The fourth-order valence-electron chi connectivity index (χ4n) is 4.77. The van der Waals surface area contributed by atoms with E-state index in [9.17, 15) is 0 Å². The summed E-state index contributed by atoms with van der Waals surface area (Å²) in [7, 11) is 2.08. The molecule has 0 radical (unpaired) electrons. The second kappa shape index (κ2) is 10.7. The molecule has 0 N–H and O–H groups in total. The summed E-state index contributed by atoms with van der Waals surface area (Å²) < 4.78 is 11.9. The lowest BCUT2D eigenvalue weighted by molar-refractivity contribution is 0.273. The van der Waals surface area contributed by atoms with Crippen molar-refractivity contribution in [1.29, 1.82) is 0 Å². The molecule has 0 aliphatic heterocycles.